The molecule has 1 aromatic heterocycles. The van der Waals surface area contributed by atoms with Crippen LogP contribution < -0.4 is 5.56 Å². The lowest BCUT2D eigenvalue weighted by Gasteiger charge is -2.14. The average molecular weight is 385 g/mol. The fourth-order valence-electron chi connectivity index (χ4n) is 3.23. The number of benzene rings is 1. The summed E-state index contributed by atoms with van der Waals surface area (Å²) in [6.07, 6.45) is 5.28. The Kier molecular flexibility index (Phi) is 4.35. The second kappa shape index (κ2) is 6.46. The van der Waals surface area contributed by atoms with Crippen molar-refractivity contribution < 1.29 is 13.5 Å². The molecule has 0 spiro atoms. The first-order valence-corrected chi connectivity index (χ1v) is 10.8. The normalized spacial score (nSPS) is 19.1. The molecule has 0 unspecified atom stereocenters. The van der Waals surface area contributed by atoms with E-state index in [-0.39, 0.29) is 22.8 Å². The van der Waals surface area contributed by atoms with E-state index in [9.17, 15) is 18.3 Å². The molecule has 2 aromatic rings. The van der Waals surface area contributed by atoms with Gasteiger partial charge in [0.25, 0.3) is 5.56 Å². The molecule has 142 valence electrons. The van der Waals surface area contributed by atoms with Gasteiger partial charge in [0.2, 0.25) is 0 Å². The standard InChI is InChI=1S/C21H23NO4S/c1-14-2-9-19(22-20(14)24)18(12-21(13-23)10-11-21)15-3-5-16(6-4-15)27(25,26)17-7-8-17/h2-6,9,12,17,23H,7-8,10-11,13H2,1H3,(H,22,24)/b18-12-. The molecule has 2 saturated carbocycles. The largest absolute Gasteiger partial charge is 0.395 e. The Morgan fingerprint density at radius 3 is 2.37 bits per heavy atom. The monoisotopic (exact) mass is 385 g/mol. The lowest BCUT2D eigenvalue weighted by atomic mass is 9.95. The first kappa shape index (κ1) is 18.2. The van der Waals surface area contributed by atoms with Crippen LogP contribution in [0, 0.1) is 12.3 Å². The van der Waals surface area contributed by atoms with Crippen LogP contribution in [0.25, 0.3) is 5.57 Å². The van der Waals surface area contributed by atoms with Crippen molar-refractivity contribution in [3.8, 4) is 0 Å². The van der Waals surface area contributed by atoms with Gasteiger partial charge < -0.3 is 10.1 Å². The molecule has 0 aliphatic heterocycles. The van der Waals surface area contributed by atoms with E-state index in [1.54, 1.807) is 37.3 Å². The van der Waals surface area contributed by atoms with Crippen LogP contribution in [0.4, 0.5) is 0 Å². The van der Waals surface area contributed by atoms with E-state index in [4.69, 9.17) is 0 Å². The molecule has 0 amide bonds. The highest BCUT2D eigenvalue weighted by Crippen LogP contribution is 2.48. The van der Waals surface area contributed by atoms with E-state index in [2.05, 4.69) is 4.98 Å². The molecule has 0 saturated heterocycles. The van der Waals surface area contributed by atoms with Crippen LogP contribution >= 0.6 is 0 Å². The molecule has 0 atom stereocenters. The van der Waals surface area contributed by atoms with Gasteiger partial charge in [-0.3, -0.25) is 4.79 Å². The number of aromatic amines is 1. The molecule has 6 heteroatoms. The molecule has 2 aliphatic carbocycles. The van der Waals surface area contributed by atoms with Crippen LogP contribution in [0.5, 0.6) is 0 Å². The van der Waals surface area contributed by atoms with Crippen LogP contribution in [-0.4, -0.2) is 30.4 Å². The second-order valence-electron chi connectivity index (χ2n) is 7.73. The van der Waals surface area contributed by atoms with E-state index in [1.165, 1.54) is 0 Å². The predicted molar refractivity (Wildman–Crippen MR) is 104 cm³/mol. The fraction of sp³-hybridized carbons (Fsp3) is 0.381. The zero-order valence-electron chi connectivity index (χ0n) is 15.2. The van der Waals surface area contributed by atoms with E-state index < -0.39 is 9.84 Å². The third-order valence-electron chi connectivity index (χ3n) is 5.51. The number of sulfone groups is 1. The van der Waals surface area contributed by atoms with Gasteiger partial charge in [-0.15, -0.1) is 0 Å². The van der Waals surface area contributed by atoms with Gasteiger partial charge in [0, 0.05) is 22.2 Å². The summed E-state index contributed by atoms with van der Waals surface area (Å²) >= 11 is 0. The highest BCUT2D eigenvalue weighted by molar-refractivity contribution is 7.92. The summed E-state index contributed by atoms with van der Waals surface area (Å²) in [6, 6.07) is 10.5. The van der Waals surface area contributed by atoms with Gasteiger partial charge >= 0.3 is 0 Å². The number of aromatic nitrogens is 1. The molecule has 5 nitrogen and oxygen atoms in total. The summed E-state index contributed by atoms with van der Waals surface area (Å²) in [5.74, 6) is 0. The zero-order chi connectivity index (χ0) is 19.2. The lowest BCUT2D eigenvalue weighted by Crippen LogP contribution is -2.12. The molecule has 2 fully saturated rings. The minimum absolute atomic E-state index is 0.0563. The van der Waals surface area contributed by atoms with Gasteiger partial charge in [-0.1, -0.05) is 24.3 Å². The van der Waals surface area contributed by atoms with Crippen LogP contribution in [0.2, 0.25) is 0 Å². The van der Waals surface area contributed by atoms with Gasteiger partial charge in [-0.05, 0) is 56.4 Å². The molecule has 2 aliphatic rings. The fourth-order valence-corrected chi connectivity index (χ4v) is 4.89. The SMILES string of the molecule is Cc1ccc(/C(=C\C2(CO)CC2)c2ccc(S(=O)(=O)C3CC3)cc2)[nH]c1=O. The number of hydrogen-bond donors (Lipinski definition) is 2. The summed E-state index contributed by atoms with van der Waals surface area (Å²) in [4.78, 5) is 15.3. The van der Waals surface area contributed by atoms with Crippen molar-refractivity contribution in [3.05, 3.63) is 69.6 Å². The van der Waals surface area contributed by atoms with Crippen molar-refractivity contribution in [2.45, 2.75) is 42.8 Å². The summed E-state index contributed by atoms with van der Waals surface area (Å²) in [5.41, 5.74) is 2.53. The first-order valence-electron chi connectivity index (χ1n) is 9.23. The number of H-pyrrole nitrogens is 1. The van der Waals surface area contributed by atoms with Crippen molar-refractivity contribution in [1.29, 1.82) is 0 Å². The lowest BCUT2D eigenvalue weighted by molar-refractivity contribution is 0.242. The molecular weight excluding hydrogens is 362 g/mol. The van der Waals surface area contributed by atoms with Gasteiger partial charge in [-0.25, -0.2) is 8.42 Å². The Balaban J connectivity index is 1.77. The summed E-state index contributed by atoms with van der Waals surface area (Å²) in [7, 11) is -3.23. The van der Waals surface area contributed by atoms with Crippen molar-refractivity contribution in [2.24, 2.45) is 5.41 Å². The van der Waals surface area contributed by atoms with Gasteiger partial charge in [0.05, 0.1) is 16.8 Å². The van der Waals surface area contributed by atoms with Crippen LogP contribution in [0.3, 0.4) is 0 Å². The molecule has 0 radical (unpaired) electrons. The Labute approximate surface area is 158 Å². The third kappa shape index (κ3) is 3.51. The average Bonchev–Trinajstić information content (AvgIpc) is 3.56. The molecule has 1 heterocycles. The van der Waals surface area contributed by atoms with Crippen molar-refractivity contribution >= 4 is 15.4 Å². The number of aryl methyl sites for hydroxylation is 1. The third-order valence-corrected chi connectivity index (χ3v) is 7.79. The van der Waals surface area contributed by atoms with Gasteiger partial charge in [0.15, 0.2) is 9.84 Å². The van der Waals surface area contributed by atoms with Gasteiger partial charge in [0.1, 0.15) is 0 Å². The number of aliphatic hydroxyl groups excluding tert-OH is 1. The molecular formula is C21H23NO4S. The Morgan fingerprint density at radius 2 is 1.85 bits per heavy atom. The maximum atomic E-state index is 12.4. The first-order chi connectivity index (χ1) is 12.8. The summed E-state index contributed by atoms with van der Waals surface area (Å²) in [5, 5.41) is 9.48. The topological polar surface area (TPSA) is 87.2 Å². The van der Waals surface area contributed by atoms with Crippen molar-refractivity contribution in [1.82, 2.24) is 4.98 Å². The number of hydrogen-bond acceptors (Lipinski definition) is 4. The molecule has 27 heavy (non-hydrogen) atoms. The molecule has 1 aromatic carbocycles. The highest BCUT2D eigenvalue weighted by atomic mass is 32.2. The van der Waals surface area contributed by atoms with Crippen LogP contribution in [0.15, 0.2) is 52.2 Å². The van der Waals surface area contributed by atoms with Gasteiger partial charge in [-0.2, -0.15) is 0 Å². The highest BCUT2D eigenvalue weighted by Gasteiger charge is 2.40. The zero-order valence-corrected chi connectivity index (χ0v) is 16.1. The second-order valence-corrected chi connectivity index (χ2v) is 9.96. The van der Waals surface area contributed by atoms with E-state index in [0.717, 1.165) is 36.8 Å². The number of pyridine rings is 1. The van der Waals surface area contributed by atoms with Crippen molar-refractivity contribution in [3.63, 3.8) is 0 Å². The minimum Gasteiger partial charge on any atom is -0.395 e. The summed E-state index contributed by atoms with van der Waals surface area (Å²) in [6.45, 7) is 1.81. The maximum Gasteiger partial charge on any atom is 0.251 e. The smallest absolute Gasteiger partial charge is 0.251 e. The molecule has 2 N–H and O–H groups in total. The number of nitrogens with one attached hydrogen (secondary N) is 1. The number of rotatable bonds is 6. The quantitative estimate of drug-likeness (QED) is 0.800. The van der Waals surface area contributed by atoms with Crippen LogP contribution in [0.1, 0.15) is 42.5 Å². The molecule has 0 bridgehead atoms. The maximum absolute atomic E-state index is 12.4. The van der Waals surface area contributed by atoms with E-state index >= 15 is 0 Å². The van der Waals surface area contributed by atoms with E-state index in [1.807, 2.05) is 12.1 Å². The minimum atomic E-state index is -3.23. The number of aliphatic hydroxyl groups is 1. The molecule has 4 rings (SSSR count). The van der Waals surface area contributed by atoms with Crippen LogP contribution in [-0.2, 0) is 9.84 Å². The van der Waals surface area contributed by atoms with E-state index in [0.29, 0.717) is 16.2 Å². The predicted octanol–water partition coefficient (Wildman–Crippen LogP) is 2.82. The Hall–Kier alpha value is -2.18. The Morgan fingerprint density at radius 1 is 1.19 bits per heavy atom. The summed E-state index contributed by atoms with van der Waals surface area (Å²) < 4.78 is 24.8. The Bertz CT molecular complexity index is 1060. The van der Waals surface area contributed by atoms with Crippen molar-refractivity contribution in [2.75, 3.05) is 6.61 Å².